The van der Waals surface area contributed by atoms with E-state index in [2.05, 4.69) is 36.7 Å². The third-order valence-electron chi connectivity index (χ3n) is 3.25. The Morgan fingerprint density at radius 3 is 2.79 bits per heavy atom. The first-order valence-electron chi connectivity index (χ1n) is 6.92. The first kappa shape index (κ1) is 13.9. The standard InChI is InChI=1S/C15H23N3O/c1-5-18-14-7-6-12(19-4)10-13(14)17-15(18)8-9-16-11(2)3/h6-7,10-11,16H,5,8-9H2,1-4H3. The fraction of sp³-hybridized carbons (Fsp3) is 0.533. The van der Waals surface area contributed by atoms with E-state index in [1.54, 1.807) is 7.11 Å². The predicted octanol–water partition coefficient (Wildman–Crippen LogP) is 2.61. The fourth-order valence-corrected chi connectivity index (χ4v) is 2.30. The first-order valence-corrected chi connectivity index (χ1v) is 6.92. The van der Waals surface area contributed by atoms with Crippen LogP contribution in [0.4, 0.5) is 0 Å². The lowest BCUT2D eigenvalue weighted by molar-refractivity contribution is 0.415. The highest BCUT2D eigenvalue weighted by Crippen LogP contribution is 2.21. The van der Waals surface area contributed by atoms with Gasteiger partial charge in [0.25, 0.3) is 0 Å². The average molecular weight is 261 g/mol. The molecular formula is C15H23N3O. The number of hydrogen-bond donors (Lipinski definition) is 1. The summed E-state index contributed by atoms with van der Waals surface area (Å²) in [5.41, 5.74) is 2.20. The van der Waals surface area contributed by atoms with Crippen molar-refractivity contribution in [3.8, 4) is 5.75 Å². The van der Waals surface area contributed by atoms with Crippen LogP contribution in [0, 0.1) is 0 Å². The largest absolute Gasteiger partial charge is 0.497 e. The highest BCUT2D eigenvalue weighted by molar-refractivity contribution is 5.77. The molecule has 0 aliphatic rings. The lowest BCUT2D eigenvalue weighted by Crippen LogP contribution is -2.25. The molecule has 1 aromatic carbocycles. The van der Waals surface area contributed by atoms with Crippen molar-refractivity contribution in [1.82, 2.24) is 14.9 Å². The van der Waals surface area contributed by atoms with Crippen molar-refractivity contribution in [1.29, 1.82) is 0 Å². The minimum atomic E-state index is 0.513. The zero-order valence-electron chi connectivity index (χ0n) is 12.2. The third kappa shape index (κ3) is 3.07. The molecule has 0 atom stereocenters. The minimum Gasteiger partial charge on any atom is -0.497 e. The van der Waals surface area contributed by atoms with Gasteiger partial charge in [0.15, 0.2) is 0 Å². The van der Waals surface area contributed by atoms with Gasteiger partial charge < -0.3 is 14.6 Å². The summed E-state index contributed by atoms with van der Waals surface area (Å²) in [7, 11) is 1.69. The molecule has 19 heavy (non-hydrogen) atoms. The molecule has 0 spiro atoms. The van der Waals surface area contributed by atoms with Crippen molar-refractivity contribution < 1.29 is 4.74 Å². The van der Waals surface area contributed by atoms with Crippen LogP contribution in [0.1, 0.15) is 26.6 Å². The molecule has 0 aliphatic carbocycles. The van der Waals surface area contributed by atoms with Gasteiger partial charge in [-0.25, -0.2) is 4.98 Å². The van der Waals surface area contributed by atoms with E-state index in [0.29, 0.717) is 6.04 Å². The van der Waals surface area contributed by atoms with Crippen LogP contribution in [0.3, 0.4) is 0 Å². The third-order valence-corrected chi connectivity index (χ3v) is 3.25. The molecule has 2 aromatic rings. The molecule has 1 aromatic heterocycles. The molecule has 0 saturated heterocycles. The Labute approximate surface area is 114 Å². The van der Waals surface area contributed by atoms with Gasteiger partial charge in [-0.2, -0.15) is 0 Å². The summed E-state index contributed by atoms with van der Waals surface area (Å²) in [5.74, 6) is 2.00. The molecule has 1 heterocycles. The molecule has 0 radical (unpaired) electrons. The number of nitrogens with zero attached hydrogens (tertiary/aromatic N) is 2. The molecule has 0 unspecified atom stereocenters. The fourth-order valence-electron chi connectivity index (χ4n) is 2.30. The summed E-state index contributed by atoms with van der Waals surface area (Å²) in [4.78, 5) is 4.73. The zero-order chi connectivity index (χ0) is 13.8. The lowest BCUT2D eigenvalue weighted by Gasteiger charge is -2.09. The maximum Gasteiger partial charge on any atom is 0.121 e. The van der Waals surface area contributed by atoms with Crippen LogP contribution < -0.4 is 10.1 Å². The molecule has 0 fully saturated rings. The Morgan fingerprint density at radius 2 is 2.16 bits per heavy atom. The van der Waals surface area contributed by atoms with Crippen LogP contribution in [0.25, 0.3) is 11.0 Å². The van der Waals surface area contributed by atoms with E-state index in [1.807, 2.05) is 12.1 Å². The van der Waals surface area contributed by atoms with Crippen LogP contribution in [0.2, 0.25) is 0 Å². The number of aromatic nitrogens is 2. The molecule has 4 nitrogen and oxygen atoms in total. The molecule has 0 aliphatic heterocycles. The topological polar surface area (TPSA) is 39.1 Å². The zero-order valence-corrected chi connectivity index (χ0v) is 12.2. The van der Waals surface area contributed by atoms with E-state index >= 15 is 0 Å². The molecule has 0 saturated carbocycles. The number of fused-ring (bicyclic) bond motifs is 1. The normalized spacial score (nSPS) is 11.4. The lowest BCUT2D eigenvalue weighted by atomic mass is 10.3. The summed E-state index contributed by atoms with van der Waals surface area (Å²) >= 11 is 0. The van der Waals surface area contributed by atoms with Crippen LogP contribution in [-0.2, 0) is 13.0 Å². The van der Waals surface area contributed by atoms with Crippen LogP contribution in [-0.4, -0.2) is 29.2 Å². The van der Waals surface area contributed by atoms with E-state index in [1.165, 1.54) is 5.52 Å². The van der Waals surface area contributed by atoms with Crippen molar-refractivity contribution >= 4 is 11.0 Å². The highest BCUT2D eigenvalue weighted by atomic mass is 16.5. The Morgan fingerprint density at radius 1 is 1.37 bits per heavy atom. The van der Waals surface area contributed by atoms with Gasteiger partial charge in [0.2, 0.25) is 0 Å². The van der Waals surface area contributed by atoms with Crippen molar-refractivity contribution in [3.05, 3.63) is 24.0 Å². The first-order chi connectivity index (χ1) is 9.15. The number of ether oxygens (including phenoxy) is 1. The van der Waals surface area contributed by atoms with Gasteiger partial charge in [-0.1, -0.05) is 13.8 Å². The number of methoxy groups -OCH3 is 1. The predicted molar refractivity (Wildman–Crippen MR) is 78.8 cm³/mol. The molecule has 4 heteroatoms. The van der Waals surface area contributed by atoms with Gasteiger partial charge >= 0.3 is 0 Å². The van der Waals surface area contributed by atoms with Crippen molar-refractivity contribution in [2.75, 3.05) is 13.7 Å². The van der Waals surface area contributed by atoms with Gasteiger partial charge in [-0.05, 0) is 19.1 Å². The average Bonchev–Trinajstić information content (AvgIpc) is 2.74. The van der Waals surface area contributed by atoms with Crippen molar-refractivity contribution in [2.45, 2.75) is 39.8 Å². The van der Waals surface area contributed by atoms with Crippen molar-refractivity contribution in [3.63, 3.8) is 0 Å². The Kier molecular flexibility index (Phi) is 4.43. The Hall–Kier alpha value is -1.55. The van der Waals surface area contributed by atoms with Crippen LogP contribution >= 0.6 is 0 Å². The van der Waals surface area contributed by atoms with E-state index in [4.69, 9.17) is 9.72 Å². The maximum atomic E-state index is 5.26. The minimum absolute atomic E-state index is 0.513. The monoisotopic (exact) mass is 261 g/mol. The number of imidazole rings is 1. The maximum absolute atomic E-state index is 5.26. The molecule has 2 rings (SSSR count). The summed E-state index contributed by atoms with van der Waals surface area (Å²) in [5, 5.41) is 3.43. The number of rotatable bonds is 6. The van der Waals surface area contributed by atoms with E-state index in [9.17, 15) is 0 Å². The van der Waals surface area contributed by atoms with E-state index in [-0.39, 0.29) is 0 Å². The molecule has 1 N–H and O–H groups in total. The van der Waals surface area contributed by atoms with Gasteiger partial charge in [-0.3, -0.25) is 0 Å². The van der Waals surface area contributed by atoms with Crippen LogP contribution in [0.5, 0.6) is 5.75 Å². The Balaban J connectivity index is 2.27. The van der Waals surface area contributed by atoms with Crippen molar-refractivity contribution in [2.24, 2.45) is 0 Å². The van der Waals surface area contributed by atoms with Crippen LogP contribution in [0.15, 0.2) is 18.2 Å². The number of aryl methyl sites for hydroxylation is 1. The summed E-state index contributed by atoms with van der Waals surface area (Å²) < 4.78 is 7.53. The molecular weight excluding hydrogens is 238 g/mol. The second-order valence-corrected chi connectivity index (χ2v) is 4.99. The van der Waals surface area contributed by atoms with Gasteiger partial charge in [-0.15, -0.1) is 0 Å². The second-order valence-electron chi connectivity index (χ2n) is 4.99. The molecule has 104 valence electrons. The second kappa shape index (κ2) is 6.06. The smallest absolute Gasteiger partial charge is 0.121 e. The quantitative estimate of drug-likeness (QED) is 0.868. The van der Waals surface area contributed by atoms with E-state index < -0.39 is 0 Å². The Bertz CT molecular complexity index is 546. The highest BCUT2D eigenvalue weighted by Gasteiger charge is 2.10. The number of hydrogen-bond acceptors (Lipinski definition) is 3. The summed E-state index contributed by atoms with van der Waals surface area (Å²) in [6, 6.07) is 6.59. The number of benzene rings is 1. The SMILES string of the molecule is CCn1c(CCNC(C)C)nc2cc(OC)ccc21. The van der Waals surface area contributed by atoms with Gasteiger partial charge in [0.1, 0.15) is 11.6 Å². The molecule has 0 bridgehead atoms. The summed E-state index contributed by atoms with van der Waals surface area (Å²) in [6.07, 6.45) is 0.947. The molecule has 0 amide bonds. The number of nitrogens with one attached hydrogen (secondary N) is 1. The van der Waals surface area contributed by atoms with Gasteiger partial charge in [0.05, 0.1) is 18.1 Å². The van der Waals surface area contributed by atoms with Gasteiger partial charge in [0, 0.05) is 31.6 Å². The van der Waals surface area contributed by atoms with E-state index in [0.717, 1.165) is 36.6 Å². The summed E-state index contributed by atoms with van der Waals surface area (Å²) in [6.45, 7) is 8.38.